The molecule has 1 rings (SSSR count). The highest BCUT2D eigenvalue weighted by Gasteiger charge is 2.15. The smallest absolute Gasteiger partial charge is 0.303 e. The Morgan fingerprint density at radius 3 is 2.31 bits per heavy atom. The lowest BCUT2D eigenvalue weighted by molar-refractivity contribution is -0.137. The van der Waals surface area contributed by atoms with E-state index < -0.39 is 26.2 Å². The topological polar surface area (TPSA) is 162 Å². The van der Waals surface area contributed by atoms with Gasteiger partial charge < -0.3 is 10.0 Å². The van der Waals surface area contributed by atoms with Crippen LogP contribution in [0.5, 0.6) is 0 Å². The van der Waals surface area contributed by atoms with Crippen LogP contribution in [-0.2, 0) is 25.0 Å². The molecule has 1 aromatic rings. The van der Waals surface area contributed by atoms with Crippen molar-refractivity contribution in [2.75, 3.05) is 23.7 Å². The molecule has 0 heterocycles. The number of anilines is 1. The maximum Gasteiger partial charge on any atom is 0.303 e. The van der Waals surface area contributed by atoms with Gasteiger partial charge in [0.25, 0.3) is 20.2 Å². The number of benzene rings is 1. The summed E-state index contributed by atoms with van der Waals surface area (Å²) in [6.45, 7) is 6.24. The number of rotatable bonds is 15. The van der Waals surface area contributed by atoms with Crippen LogP contribution in [0.25, 0.3) is 0 Å². The van der Waals surface area contributed by atoms with Crippen LogP contribution in [0.3, 0.4) is 0 Å². The van der Waals surface area contributed by atoms with E-state index in [1.807, 2.05) is 17.9 Å². The molecule has 0 atom stereocenters. The second-order valence-electron chi connectivity index (χ2n) is 8.11. The largest absolute Gasteiger partial charge is 0.481 e. The van der Waals surface area contributed by atoms with E-state index in [4.69, 9.17) is 9.66 Å². The molecule has 0 aliphatic carbocycles. The molecule has 0 fully saturated rings. The number of hydrogen-bond acceptors (Lipinski definition) is 7. The fraction of sp³-hybridized carbons (Fsp3) is 0.478. The zero-order valence-electron chi connectivity index (χ0n) is 20.2. The first-order valence-electron chi connectivity index (χ1n) is 11.1. The van der Waals surface area contributed by atoms with Crippen LogP contribution in [0.1, 0.15) is 51.5 Å². The molecule has 0 saturated heterocycles. The summed E-state index contributed by atoms with van der Waals surface area (Å²) in [4.78, 5) is 16.8. The van der Waals surface area contributed by atoms with Gasteiger partial charge in [0.2, 0.25) is 0 Å². The lowest BCUT2D eigenvalue weighted by Crippen LogP contribution is -2.23. The van der Waals surface area contributed by atoms with Gasteiger partial charge in [-0.15, -0.1) is 0 Å². The summed E-state index contributed by atoms with van der Waals surface area (Å²) >= 11 is 0. The van der Waals surface area contributed by atoms with Gasteiger partial charge >= 0.3 is 5.97 Å². The standard InChI is InChI=1S/C23H34N2O8S2/c1-18-17-21(35(31,32)33)12-13-22(18)25(15-6-4-5-11-23(26)27)20(3)10-7-9-19(2)24-14-8-16-34(28,29)30/h7,9-10,12-13,17H,4-6,8,11,14-16H2,1-3H3,(H,26,27)(H,28,29,30)(H,31,32,33)/b9-7+,20-10+,24-19?. The molecular weight excluding hydrogens is 496 g/mol. The number of carbonyl (C=O) groups is 1. The molecule has 0 saturated carbocycles. The zero-order valence-corrected chi connectivity index (χ0v) is 21.8. The fourth-order valence-electron chi connectivity index (χ4n) is 3.27. The van der Waals surface area contributed by atoms with Gasteiger partial charge in [0.1, 0.15) is 0 Å². The second-order valence-corrected chi connectivity index (χ2v) is 11.1. The van der Waals surface area contributed by atoms with Gasteiger partial charge in [-0.05, 0) is 75.9 Å². The molecule has 0 radical (unpaired) electrons. The molecule has 0 aliphatic heterocycles. The summed E-state index contributed by atoms with van der Waals surface area (Å²) in [6.07, 6.45) is 7.70. The minimum Gasteiger partial charge on any atom is -0.481 e. The summed E-state index contributed by atoms with van der Waals surface area (Å²) in [5, 5.41) is 8.82. The number of nitrogens with zero attached hydrogens (tertiary/aromatic N) is 2. The summed E-state index contributed by atoms with van der Waals surface area (Å²) < 4.78 is 62.5. The van der Waals surface area contributed by atoms with E-state index in [-0.39, 0.29) is 30.0 Å². The quantitative estimate of drug-likeness (QED) is 0.132. The van der Waals surface area contributed by atoms with Gasteiger partial charge in [-0.3, -0.25) is 18.9 Å². The Morgan fingerprint density at radius 1 is 1.06 bits per heavy atom. The van der Waals surface area contributed by atoms with Crippen LogP contribution in [-0.4, -0.2) is 61.6 Å². The van der Waals surface area contributed by atoms with Gasteiger partial charge in [-0.25, -0.2) is 0 Å². The number of hydrogen-bond donors (Lipinski definition) is 3. The van der Waals surface area contributed by atoms with E-state index in [1.54, 1.807) is 32.1 Å². The van der Waals surface area contributed by atoms with Crippen molar-refractivity contribution in [3.8, 4) is 0 Å². The minimum atomic E-state index is -4.32. The third kappa shape index (κ3) is 12.6. The van der Waals surface area contributed by atoms with Gasteiger partial charge in [0.15, 0.2) is 0 Å². The number of carboxylic acids is 1. The van der Waals surface area contributed by atoms with Crippen molar-refractivity contribution in [3.05, 3.63) is 47.7 Å². The van der Waals surface area contributed by atoms with E-state index in [9.17, 15) is 26.2 Å². The molecule has 0 aromatic heterocycles. The molecule has 0 unspecified atom stereocenters. The Morgan fingerprint density at radius 2 is 1.74 bits per heavy atom. The van der Waals surface area contributed by atoms with Crippen LogP contribution >= 0.6 is 0 Å². The number of unbranched alkanes of at least 4 members (excludes halogenated alkanes) is 2. The van der Waals surface area contributed by atoms with Crippen molar-refractivity contribution < 1.29 is 35.8 Å². The lowest BCUT2D eigenvalue weighted by Gasteiger charge is -2.27. The van der Waals surface area contributed by atoms with Crippen LogP contribution in [0.4, 0.5) is 5.69 Å². The van der Waals surface area contributed by atoms with Gasteiger partial charge in [-0.1, -0.05) is 12.5 Å². The van der Waals surface area contributed by atoms with E-state index >= 15 is 0 Å². The van der Waals surface area contributed by atoms with Gasteiger partial charge in [0, 0.05) is 36.6 Å². The first kappa shape index (κ1) is 30.5. The van der Waals surface area contributed by atoms with Crippen LogP contribution in [0, 0.1) is 6.92 Å². The number of allylic oxidation sites excluding steroid dienone is 4. The maximum absolute atomic E-state index is 11.5. The lowest BCUT2D eigenvalue weighted by atomic mass is 10.1. The van der Waals surface area contributed by atoms with Crippen molar-refractivity contribution in [2.45, 2.75) is 57.8 Å². The summed E-state index contributed by atoms with van der Waals surface area (Å²) in [7, 11) is -8.32. The Labute approximate surface area is 207 Å². The molecule has 0 bridgehead atoms. The second kappa shape index (κ2) is 14.1. The molecule has 12 heteroatoms. The molecular formula is C23H34N2O8S2. The number of aliphatic imine (C=N–C) groups is 1. The molecule has 0 amide bonds. The van der Waals surface area contributed by atoms with Gasteiger partial charge in [0.05, 0.1) is 10.6 Å². The Bertz CT molecular complexity index is 1170. The van der Waals surface area contributed by atoms with Gasteiger partial charge in [-0.2, -0.15) is 16.8 Å². The van der Waals surface area contributed by atoms with Crippen LogP contribution in [0.2, 0.25) is 0 Å². The van der Waals surface area contributed by atoms with Crippen molar-refractivity contribution >= 4 is 37.6 Å². The predicted octanol–water partition coefficient (Wildman–Crippen LogP) is 3.89. The van der Waals surface area contributed by atoms with E-state index in [0.29, 0.717) is 30.7 Å². The number of aliphatic carboxylic acids is 1. The van der Waals surface area contributed by atoms with Crippen molar-refractivity contribution in [2.24, 2.45) is 4.99 Å². The van der Waals surface area contributed by atoms with E-state index in [1.165, 1.54) is 12.1 Å². The SMILES string of the molecule is CC(/C=C/C=C(\C)N(CCCCCC(=O)O)c1ccc(S(=O)(=O)O)cc1C)=NCCCS(=O)(=O)O. The Balaban J connectivity index is 3.02. The Kier molecular flexibility index (Phi) is 12.3. The highest BCUT2D eigenvalue weighted by atomic mass is 32.2. The van der Waals surface area contributed by atoms with E-state index in [2.05, 4.69) is 4.99 Å². The number of aryl methyl sites for hydroxylation is 1. The highest BCUT2D eigenvalue weighted by Crippen LogP contribution is 2.27. The van der Waals surface area contributed by atoms with Crippen LogP contribution < -0.4 is 4.90 Å². The summed E-state index contributed by atoms with van der Waals surface area (Å²) in [5.74, 6) is -1.18. The van der Waals surface area contributed by atoms with Crippen molar-refractivity contribution in [1.82, 2.24) is 0 Å². The summed E-state index contributed by atoms with van der Waals surface area (Å²) in [6, 6.07) is 4.36. The summed E-state index contributed by atoms with van der Waals surface area (Å²) in [5.41, 5.74) is 2.94. The molecule has 10 nitrogen and oxygen atoms in total. The molecule has 1 aromatic carbocycles. The third-order valence-electron chi connectivity index (χ3n) is 5.05. The zero-order chi connectivity index (χ0) is 26.6. The average molecular weight is 531 g/mol. The molecule has 0 spiro atoms. The molecule has 35 heavy (non-hydrogen) atoms. The third-order valence-corrected chi connectivity index (χ3v) is 6.71. The monoisotopic (exact) mass is 530 g/mol. The first-order chi connectivity index (χ1) is 16.2. The molecule has 3 N–H and O–H groups in total. The van der Waals surface area contributed by atoms with Crippen molar-refractivity contribution in [1.29, 1.82) is 0 Å². The van der Waals surface area contributed by atoms with Crippen molar-refractivity contribution in [3.63, 3.8) is 0 Å². The highest BCUT2D eigenvalue weighted by molar-refractivity contribution is 7.86. The van der Waals surface area contributed by atoms with E-state index in [0.717, 1.165) is 17.8 Å². The fourth-order valence-corrected chi connectivity index (χ4v) is 4.33. The maximum atomic E-state index is 11.5. The average Bonchev–Trinajstić information content (AvgIpc) is 2.72. The predicted molar refractivity (Wildman–Crippen MR) is 136 cm³/mol. The molecule has 196 valence electrons. The molecule has 0 aliphatic rings. The Hall–Kier alpha value is -2.54. The first-order valence-corrected chi connectivity index (χ1v) is 14.1. The normalized spacial score (nSPS) is 13.4. The number of carboxylic acid groups (broad SMARTS) is 1. The minimum absolute atomic E-state index is 0.0997. The van der Waals surface area contributed by atoms with Crippen LogP contribution in [0.15, 0.2) is 52.0 Å².